The third kappa shape index (κ3) is 8.62. The lowest BCUT2D eigenvalue weighted by atomic mass is 9.78. The Morgan fingerprint density at radius 2 is 1.67 bits per heavy atom. The third-order valence-corrected chi connectivity index (χ3v) is 7.52. The Morgan fingerprint density at radius 1 is 1.02 bits per heavy atom. The van der Waals surface area contributed by atoms with Gasteiger partial charge in [-0.05, 0) is 60.5 Å². The SMILES string of the molecule is CC(C)c1ccc(C[C@@H](NC(=O)[C@@H](N)CCC(=O)N(CCN)CCN)C(=O)Nc2ccc3c(c2)B(O)OC3(C)C)cc1. The van der Waals surface area contributed by atoms with E-state index >= 15 is 0 Å². The van der Waals surface area contributed by atoms with Crippen LogP contribution in [0.4, 0.5) is 5.69 Å². The molecular weight excluding hydrogens is 535 g/mol. The number of fused-ring (bicyclic) bond motifs is 1. The van der Waals surface area contributed by atoms with Crippen LogP contribution in [0, 0.1) is 0 Å². The fourth-order valence-electron chi connectivity index (χ4n) is 5.03. The number of hydrogen-bond donors (Lipinski definition) is 6. The molecule has 0 bridgehead atoms. The molecule has 12 heteroatoms. The first-order chi connectivity index (χ1) is 19.9. The van der Waals surface area contributed by atoms with E-state index in [0.717, 1.165) is 16.7 Å². The van der Waals surface area contributed by atoms with Crippen LogP contribution >= 0.6 is 0 Å². The first-order valence-electron chi connectivity index (χ1n) is 14.5. The summed E-state index contributed by atoms with van der Waals surface area (Å²) in [6.45, 7) is 9.29. The fraction of sp³-hybridized carbons (Fsp3) is 0.500. The molecule has 228 valence electrons. The number of rotatable bonds is 14. The zero-order chi connectivity index (χ0) is 31.0. The topological polar surface area (TPSA) is 186 Å². The summed E-state index contributed by atoms with van der Waals surface area (Å²) in [5.74, 6) is -0.803. The molecule has 0 saturated heterocycles. The average Bonchev–Trinajstić information content (AvgIpc) is 3.18. The molecule has 3 rings (SSSR count). The molecule has 1 aliphatic heterocycles. The molecule has 2 aromatic rings. The van der Waals surface area contributed by atoms with Crippen LogP contribution in [0.15, 0.2) is 42.5 Å². The predicted molar refractivity (Wildman–Crippen MR) is 165 cm³/mol. The minimum Gasteiger partial charge on any atom is -0.423 e. The van der Waals surface area contributed by atoms with Crippen LogP contribution in [0.25, 0.3) is 0 Å². The summed E-state index contributed by atoms with van der Waals surface area (Å²) in [7, 11) is -1.10. The fourth-order valence-corrected chi connectivity index (χ4v) is 5.03. The second-order valence-corrected chi connectivity index (χ2v) is 11.5. The van der Waals surface area contributed by atoms with Crippen LogP contribution in [-0.4, -0.2) is 73.0 Å². The normalized spacial score (nSPS) is 15.2. The minimum absolute atomic E-state index is 0.0536. The molecule has 2 atom stereocenters. The Hall–Kier alpha value is -3.29. The molecule has 3 amide bonds. The molecule has 0 aliphatic carbocycles. The molecule has 0 aromatic heterocycles. The molecular formula is C30H45BN6O5. The molecule has 0 unspecified atom stereocenters. The second-order valence-electron chi connectivity index (χ2n) is 11.5. The maximum Gasteiger partial charge on any atom is 0.492 e. The Bertz CT molecular complexity index is 1230. The van der Waals surface area contributed by atoms with Crippen molar-refractivity contribution in [1.29, 1.82) is 0 Å². The van der Waals surface area contributed by atoms with E-state index in [0.29, 0.717) is 43.2 Å². The zero-order valence-electron chi connectivity index (χ0n) is 25.1. The van der Waals surface area contributed by atoms with Gasteiger partial charge in [0, 0.05) is 44.7 Å². The van der Waals surface area contributed by atoms with E-state index < -0.39 is 36.6 Å². The number of nitrogens with two attached hydrogens (primary N) is 3. The van der Waals surface area contributed by atoms with Gasteiger partial charge in [0.15, 0.2) is 0 Å². The van der Waals surface area contributed by atoms with Crippen molar-refractivity contribution in [3.05, 3.63) is 59.2 Å². The van der Waals surface area contributed by atoms with E-state index in [2.05, 4.69) is 24.5 Å². The predicted octanol–water partition coefficient (Wildman–Crippen LogP) is 0.282. The van der Waals surface area contributed by atoms with E-state index in [-0.39, 0.29) is 25.2 Å². The molecule has 42 heavy (non-hydrogen) atoms. The van der Waals surface area contributed by atoms with Crippen molar-refractivity contribution >= 4 is 36.0 Å². The summed E-state index contributed by atoms with van der Waals surface area (Å²) < 4.78 is 5.62. The van der Waals surface area contributed by atoms with Crippen molar-refractivity contribution in [1.82, 2.24) is 10.2 Å². The summed E-state index contributed by atoms with van der Waals surface area (Å²) in [6, 6.07) is 11.2. The number of hydrogen-bond acceptors (Lipinski definition) is 8. The van der Waals surface area contributed by atoms with E-state index in [1.54, 1.807) is 17.0 Å². The Morgan fingerprint density at radius 3 is 2.26 bits per heavy atom. The highest BCUT2D eigenvalue weighted by Crippen LogP contribution is 2.30. The van der Waals surface area contributed by atoms with Crippen LogP contribution in [-0.2, 0) is 31.1 Å². The molecule has 1 aliphatic rings. The highest BCUT2D eigenvalue weighted by molar-refractivity contribution is 6.62. The number of amides is 3. The van der Waals surface area contributed by atoms with E-state index in [1.807, 2.05) is 44.2 Å². The van der Waals surface area contributed by atoms with Crippen molar-refractivity contribution in [3.8, 4) is 0 Å². The lowest BCUT2D eigenvalue weighted by Crippen LogP contribution is -2.51. The van der Waals surface area contributed by atoms with Crippen molar-refractivity contribution in [2.45, 2.75) is 70.6 Å². The summed E-state index contributed by atoms with van der Waals surface area (Å²) in [6.07, 6.45) is 0.385. The van der Waals surface area contributed by atoms with Crippen molar-refractivity contribution in [3.63, 3.8) is 0 Å². The summed E-state index contributed by atoms with van der Waals surface area (Å²) in [5, 5.41) is 16.0. The average molecular weight is 581 g/mol. The van der Waals surface area contributed by atoms with E-state index in [4.69, 9.17) is 21.9 Å². The molecule has 9 N–H and O–H groups in total. The van der Waals surface area contributed by atoms with Gasteiger partial charge in [-0.1, -0.05) is 44.2 Å². The number of benzene rings is 2. The van der Waals surface area contributed by atoms with E-state index in [1.165, 1.54) is 0 Å². The number of nitrogens with one attached hydrogen (secondary N) is 2. The van der Waals surface area contributed by atoms with Gasteiger partial charge >= 0.3 is 7.12 Å². The summed E-state index contributed by atoms with van der Waals surface area (Å²) in [4.78, 5) is 40.8. The Labute approximate surface area is 248 Å². The van der Waals surface area contributed by atoms with Crippen molar-refractivity contribution in [2.24, 2.45) is 17.2 Å². The quantitative estimate of drug-likeness (QED) is 0.172. The maximum atomic E-state index is 13.5. The van der Waals surface area contributed by atoms with Gasteiger partial charge in [-0.2, -0.15) is 0 Å². The van der Waals surface area contributed by atoms with Gasteiger partial charge in [-0.15, -0.1) is 0 Å². The Balaban J connectivity index is 1.74. The third-order valence-electron chi connectivity index (χ3n) is 7.52. The summed E-state index contributed by atoms with van der Waals surface area (Å²) >= 11 is 0. The van der Waals surface area contributed by atoms with Crippen LogP contribution in [0.1, 0.15) is 63.1 Å². The Kier molecular flexibility index (Phi) is 11.7. The van der Waals surface area contributed by atoms with Gasteiger partial charge in [-0.3, -0.25) is 14.4 Å². The van der Waals surface area contributed by atoms with Gasteiger partial charge in [0.2, 0.25) is 17.7 Å². The van der Waals surface area contributed by atoms with Crippen molar-refractivity contribution < 1.29 is 24.1 Å². The smallest absolute Gasteiger partial charge is 0.423 e. The highest BCUT2D eigenvalue weighted by atomic mass is 16.5. The molecule has 1 heterocycles. The van der Waals surface area contributed by atoms with Gasteiger partial charge in [-0.25, -0.2) is 0 Å². The number of carbonyl (C=O) groups excluding carboxylic acids is 3. The van der Waals surface area contributed by atoms with Gasteiger partial charge in [0.25, 0.3) is 0 Å². The van der Waals surface area contributed by atoms with E-state index in [9.17, 15) is 19.4 Å². The lowest BCUT2D eigenvalue weighted by molar-refractivity contribution is -0.131. The van der Waals surface area contributed by atoms with Gasteiger partial charge in [0.1, 0.15) is 6.04 Å². The first kappa shape index (κ1) is 33.2. The minimum atomic E-state index is -1.10. The van der Waals surface area contributed by atoms with Crippen LogP contribution in [0.3, 0.4) is 0 Å². The molecule has 2 aromatic carbocycles. The number of carbonyl (C=O) groups is 3. The van der Waals surface area contributed by atoms with Crippen LogP contribution in [0.5, 0.6) is 0 Å². The first-order valence-corrected chi connectivity index (χ1v) is 14.5. The monoisotopic (exact) mass is 580 g/mol. The lowest BCUT2D eigenvalue weighted by Gasteiger charge is -2.23. The summed E-state index contributed by atoms with van der Waals surface area (Å²) in [5.41, 5.74) is 20.6. The standard InChI is InChI=1S/C30H45BN6O5/c1-19(2)21-7-5-20(6-8-21)17-26(36-28(39)25(34)11-12-27(38)37(15-13-32)16-14-33)29(40)35-22-9-10-23-24(18-22)31(41)42-30(23,3)4/h5-10,18-19,25-26,41H,11-17,32-34H2,1-4H3,(H,35,40)(H,36,39)/t25-,26+/m0/s1. The molecule has 0 spiro atoms. The molecule has 0 fully saturated rings. The maximum absolute atomic E-state index is 13.5. The van der Waals surface area contributed by atoms with Crippen LogP contribution in [0.2, 0.25) is 0 Å². The number of nitrogens with zero attached hydrogens (tertiary/aromatic N) is 1. The van der Waals surface area contributed by atoms with Gasteiger partial charge < -0.3 is 42.4 Å². The highest BCUT2D eigenvalue weighted by Gasteiger charge is 2.40. The zero-order valence-corrected chi connectivity index (χ0v) is 25.1. The van der Waals surface area contributed by atoms with Crippen LogP contribution < -0.4 is 33.3 Å². The largest absolute Gasteiger partial charge is 0.492 e. The molecule has 0 saturated carbocycles. The van der Waals surface area contributed by atoms with Gasteiger partial charge in [0.05, 0.1) is 11.6 Å². The molecule has 0 radical (unpaired) electrons. The second kappa shape index (κ2) is 14.7. The number of anilines is 1. The van der Waals surface area contributed by atoms with Crippen molar-refractivity contribution in [2.75, 3.05) is 31.5 Å². The molecule has 11 nitrogen and oxygen atoms in total.